The number of para-hydroxylation sites is 2. The topological polar surface area (TPSA) is 48.6 Å². The van der Waals surface area contributed by atoms with Crippen LogP contribution in [0.3, 0.4) is 0 Å². The number of methoxy groups -OCH3 is 1. The van der Waals surface area contributed by atoms with E-state index in [1.807, 2.05) is 59.5 Å². The average Bonchev–Trinajstić information content (AvgIpc) is 2.55. The van der Waals surface area contributed by atoms with Crippen molar-refractivity contribution in [3.05, 3.63) is 60.2 Å². The SMILES string of the molecule is COC1=Nc2ccccc2C(CC#N)N1c1ccccc1. The van der Waals surface area contributed by atoms with Crippen LogP contribution < -0.4 is 4.90 Å². The maximum Gasteiger partial charge on any atom is 0.297 e. The summed E-state index contributed by atoms with van der Waals surface area (Å²) < 4.78 is 5.46. The van der Waals surface area contributed by atoms with E-state index >= 15 is 0 Å². The van der Waals surface area contributed by atoms with E-state index in [0.717, 1.165) is 16.9 Å². The Morgan fingerprint density at radius 2 is 1.86 bits per heavy atom. The van der Waals surface area contributed by atoms with Gasteiger partial charge in [0.15, 0.2) is 0 Å². The lowest BCUT2D eigenvalue weighted by Crippen LogP contribution is -2.38. The molecule has 0 amide bonds. The Bertz CT molecular complexity index is 703. The fraction of sp³-hybridized carbons (Fsp3) is 0.176. The molecule has 2 aromatic rings. The van der Waals surface area contributed by atoms with Gasteiger partial charge >= 0.3 is 0 Å². The van der Waals surface area contributed by atoms with Gasteiger partial charge in [0, 0.05) is 11.3 Å². The number of nitrogens with zero attached hydrogens (tertiary/aromatic N) is 3. The van der Waals surface area contributed by atoms with Crippen LogP contribution in [0.5, 0.6) is 0 Å². The fourth-order valence-electron chi connectivity index (χ4n) is 2.61. The number of hydrogen-bond acceptors (Lipinski definition) is 4. The van der Waals surface area contributed by atoms with Crippen LogP contribution in [-0.2, 0) is 4.74 Å². The first-order chi connectivity index (χ1) is 10.3. The second-order valence-electron chi connectivity index (χ2n) is 4.74. The minimum absolute atomic E-state index is 0.0963. The number of fused-ring (bicyclic) bond motifs is 1. The largest absolute Gasteiger partial charge is 0.468 e. The summed E-state index contributed by atoms with van der Waals surface area (Å²) in [5.74, 6) is 0. The number of hydrogen-bond donors (Lipinski definition) is 0. The monoisotopic (exact) mass is 277 g/mol. The lowest BCUT2D eigenvalue weighted by Gasteiger charge is -2.35. The van der Waals surface area contributed by atoms with E-state index in [2.05, 4.69) is 11.1 Å². The Kier molecular flexibility index (Phi) is 3.57. The number of nitriles is 1. The van der Waals surface area contributed by atoms with Gasteiger partial charge in [-0.1, -0.05) is 36.4 Å². The standard InChI is InChI=1S/C17H15N3O/c1-21-17-19-15-10-6-5-9-14(15)16(11-12-18)20(17)13-7-3-2-4-8-13/h2-10,16H,11H2,1H3. The summed E-state index contributed by atoms with van der Waals surface area (Å²) >= 11 is 0. The first-order valence-electron chi connectivity index (χ1n) is 6.78. The van der Waals surface area contributed by atoms with E-state index in [1.165, 1.54) is 0 Å². The highest BCUT2D eigenvalue weighted by atomic mass is 16.5. The molecule has 0 spiro atoms. The van der Waals surface area contributed by atoms with Gasteiger partial charge in [0.1, 0.15) is 0 Å². The molecule has 1 aliphatic heterocycles. The Morgan fingerprint density at radius 1 is 1.14 bits per heavy atom. The van der Waals surface area contributed by atoms with Crippen LogP contribution >= 0.6 is 0 Å². The van der Waals surface area contributed by atoms with Gasteiger partial charge in [0.25, 0.3) is 6.02 Å². The van der Waals surface area contributed by atoms with E-state index in [0.29, 0.717) is 12.4 Å². The predicted octanol–water partition coefficient (Wildman–Crippen LogP) is 3.80. The Balaban J connectivity index is 2.15. The minimum Gasteiger partial charge on any atom is -0.468 e. The summed E-state index contributed by atoms with van der Waals surface area (Å²) in [6.45, 7) is 0. The van der Waals surface area contributed by atoms with Crippen LogP contribution in [0.2, 0.25) is 0 Å². The molecule has 21 heavy (non-hydrogen) atoms. The summed E-state index contributed by atoms with van der Waals surface area (Å²) in [7, 11) is 1.60. The highest BCUT2D eigenvalue weighted by Gasteiger charge is 2.31. The Labute approximate surface area is 123 Å². The number of rotatable bonds is 2. The molecule has 3 rings (SSSR count). The average molecular weight is 277 g/mol. The van der Waals surface area contributed by atoms with E-state index in [4.69, 9.17) is 4.74 Å². The number of anilines is 1. The molecule has 0 saturated carbocycles. The van der Waals surface area contributed by atoms with E-state index < -0.39 is 0 Å². The molecule has 1 heterocycles. The summed E-state index contributed by atoms with van der Waals surface area (Å²) in [6, 6.07) is 20.4. The van der Waals surface area contributed by atoms with Gasteiger partial charge in [-0.15, -0.1) is 0 Å². The van der Waals surface area contributed by atoms with Gasteiger partial charge in [-0.3, -0.25) is 4.90 Å². The third-order valence-electron chi connectivity index (χ3n) is 3.53. The molecule has 2 aromatic carbocycles. The molecule has 1 atom stereocenters. The third kappa shape index (κ3) is 2.34. The van der Waals surface area contributed by atoms with Crippen LogP contribution in [0.25, 0.3) is 0 Å². The predicted molar refractivity (Wildman–Crippen MR) is 82.4 cm³/mol. The highest BCUT2D eigenvalue weighted by Crippen LogP contribution is 2.39. The lowest BCUT2D eigenvalue weighted by molar-refractivity contribution is 0.382. The summed E-state index contributed by atoms with van der Waals surface area (Å²) in [4.78, 5) is 6.54. The maximum absolute atomic E-state index is 9.21. The van der Waals surface area contributed by atoms with Crippen molar-refractivity contribution in [1.29, 1.82) is 5.26 Å². The zero-order valence-corrected chi connectivity index (χ0v) is 11.7. The molecule has 104 valence electrons. The first kappa shape index (κ1) is 13.2. The molecule has 0 aliphatic carbocycles. The molecule has 0 saturated heterocycles. The van der Waals surface area contributed by atoms with Crippen molar-refractivity contribution in [3.8, 4) is 6.07 Å². The van der Waals surface area contributed by atoms with Gasteiger partial charge < -0.3 is 4.74 Å². The number of aliphatic imine (C=N–C) groups is 1. The minimum atomic E-state index is -0.0963. The molecule has 1 aliphatic rings. The molecule has 0 bridgehead atoms. The Morgan fingerprint density at radius 3 is 2.57 bits per heavy atom. The second kappa shape index (κ2) is 5.68. The van der Waals surface area contributed by atoms with Crippen molar-refractivity contribution < 1.29 is 4.74 Å². The lowest BCUT2D eigenvalue weighted by atomic mass is 9.98. The molecule has 0 fully saturated rings. The van der Waals surface area contributed by atoms with Crippen LogP contribution in [0, 0.1) is 11.3 Å². The molecule has 0 aromatic heterocycles. The fourth-order valence-corrected chi connectivity index (χ4v) is 2.61. The van der Waals surface area contributed by atoms with E-state index in [1.54, 1.807) is 7.11 Å². The quantitative estimate of drug-likeness (QED) is 0.839. The normalized spacial score (nSPS) is 16.7. The van der Waals surface area contributed by atoms with Gasteiger partial charge in [-0.25, -0.2) is 0 Å². The van der Waals surface area contributed by atoms with Crippen LogP contribution in [0.1, 0.15) is 18.0 Å². The zero-order chi connectivity index (χ0) is 14.7. The second-order valence-corrected chi connectivity index (χ2v) is 4.74. The summed E-state index contributed by atoms with van der Waals surface area (Å²) in [5.41, 5.74) is 2.87. The zero-order valence-electron chi connectivity index (χ0n) is 11.7. The maximum atomic E-state index is 9.21. The molecule has 1 unspecified atom stereocenters. The van der Waals surface area contributed by atoms with Crippen LogP contribution in [-0.4, -0.2) is 13.1 Å². The van der Waals surface area contributed by atoms with Crippen LogP contribution in [0.4, 0.5) is 11.4 Å². The van der Waals surface area contributed by atoms with Gasteiger partial charge in [-0.2, -0.15) is 10.3 Å². The molecule has 0 N–H and O–H groups in total. The molecule has 0 radical (unpaired) electrons. The number of ether oxygens (including phenoxy) is 1. The number of amidine groups is 1. The van der Waals surface area contributed by atoms with Crippen molar-refractivity contribution >= 4 is 17.4 Å². The Hall–Kier alpha value is -2.80. The van der Waals surface area contributed by atoms with Crippen molar-refractivity contribution in [2.24, 2.45) is 4.99 Å². The van der Waals surface area contributed by atoms with Gasteiger partial charge in [-0.05, 0) is 18.2 Å². The molecular weight excluding hydrogens is 262 g/mol. The van der Waals surface area contributed by atoms with Crippen molar-refractivity contribution in [2.75, 3.05) is 12.0 Å². The molecule has 4 nitrogen and oxygen atoms in total. The van der Waals surface area contributed by atoms with E-state index in [-0.39, 0.29) is 6.04 Å². The number of benzene rings is 2. The summed E-state index contributed by atoms with van der Waals surface area (Å²) in [6.07, 6.45) is 0.369. The third-order valence-corrected chi connectivity index (χ3v) is 3.53. The van der Waals surface area contributed by atoms with Gasteiger partial charge in [0.05, 0.1) is 31.3 Å². The molecule has 4 heteroatoms. The van der Waals surface area contributed by atoms with Crippen molar-refractivity contribution in [2.45, 2.75) is 12.5 Å². The van der Waals surface area contributed by atoms with Crippen molar-refractivity contribution in [3.63, 3.8) is 0 Å². The summed E-state index contributed by atoms with van der Waals surface area (Å²) in [5, 5.41) is 9.21. The first-order valence-corrected chi connectivity index (χ1v) is 6.78. The van der Waals surface area contributed by atoms with Gasteiger partial charge in [0.2, 0.25) is 0 Å². The van der Waals surface area contributed by atoms with Crippen molar-refractivity contribution in [1.82, 2.24) is 0 Å². The van der Waals surface area contributed by atoms with Crippen LogP contribution in [0.15, 0.2) is 59.6 Å². The van der Waals surface area contributed by atoms with E-state index in [9.17, 15) is 5.26 Å². The smallest absolute Gasteiger partial charge is 0.297 e. The molecular formula is C17H15N3O. The highest BCUT2D eigenvalue weighted by molar-refractivity contribution is 5.96.